The van der Waals surface area contributed by atoms with E-state index in [1.165, 1.54) is 48.7 Å². The van der Waals surface area contributed by atoms with Crippen LogP contribution in [0, 0.1) is 6.92 Å². The first-order valence-corrected chi connectivity index (χ1v) is 13.6. The number of aromatic nitrogens is 2. The first-order chi connectivity index (χ1) is 15.8. The second-order valence-electron chi connectivity index (χ2n) is 7.07. The van der Waals surface area contributed by atoms with Gasteiger partial charge >= 0.3 is 0 Å². The lowest BCUT2D eigenvalue weighted by atomic mass is 10.3. The second-order valence-corrected chi connectivity index (χ2v) is 11.5. The molecule has 0 saturated carbocycles. The van der Waals surface area contributed by atoms with Crippen LogP contribution >= 0.6 is 23.2 Å². The molecule has 1 amide bonds. The van der Waals surface area contributed by atoms with Gasteiger partial charge in [-0.3, -0.25) is 9.10 Å². The molecule has 0 radical (unpaired) electrons. The first kappa shape index (κ1) is 25.7. The zero-order valence-corrected chi connectivity index (χ0v) is 21.0. The third-order valence-electron chi connectivity index (χ3n) is 4.35. The molecule has 1 heterocycles. The van der Waals surface area contributed by atoms with Crippen molar-refractivity contribution < 1.29 is 21.6 Å². The molecule has 0 saturated heterocycles. The fraction of sp³-hybridized carbons (Fsp3) is 0.150. The van der Waals surface area contributed by atoms with Crippen molar-refractivity contribution in [2.24, 2.45) is 0 Å². The van der Waals surface area contributed by atoms with Crippen LogP contribution in [0.3, 0.4) is 0 Å². The molecule has 3 aromatic rings. The molecule has 180 valence electrons. The van der Waals surface area contributed by atoms with E-state index >= 15 is 0 Å². The quantitative estimate of drug-likeness (QED) is 0.444. The van der Waals surface area contributed by atoms with Gasteiger partial charge < -0.3 is 5.32 Å². The van der Waals surface area contributed by atoms with E-state index in [1.807, 2.05) is 0 Å². The van der Waals surface area contributed by atoms with Gasteiger partial charge in [-0.1, -0.05) is 23.2 Å². The van der Waals surface area contributed by atoms with Crippen LogP contribution in [0.1, 0.15) is 5.69 Å². The number of aryl methyl sites for hydroxylation is 1. The Labute approximate surface area is 207 Å². The summed E-state index contributed by atoms with van der Waals surface area (Å²) in [5, 5.41) is 2.90. The van der Waals surface area contributed by atoms with E-state index in [4.69, 9.17) is 23.2 Å². The van der Waals surface area contributed by atoms with Crippen molar-refractivity contribution in [3.8, 4) is 0 Å². The summed E-state index contributed by atoms with van der Waals surface area (Å²) < 4.78 is 52.7. The number of nitrogens with zero attached hydrogens (tertiary/aromatic N) is 3. The van der Waals surface area contributed by atoms with Gasteiger partial charge in [0.25, 0.3) is 10.0 Å². The van der Waals surface area contributed by atoms with E-state index in [0.29, 0.717) is 5.69 Å². The van der Waals surface area contributed by atoms with Crippen LogP contribution in [-0.2, 0) is 24.8 Å². The highest BCUT2D eigenvalue weighted by atomic mass is 35.5. The van der Waals surface area contributed by atoms with E-state index in [0.717, 1.165) is 10.6 Å². The third-order valence-corrected chi connectivity index (χ3v) is 7.57. The lowest BCUT2D eigenvalue weighted by molar-refractivity contribution is -0.114. The normalized spacial score (nSPS) is 11.6. The van der Waals surface area contributed by atoms with E-state index in [1.54, 1.807) is 13.0 Å². The van der Waals surface area contributed by atoms with E-state index in [9.17, 15) is 21.6 Å². The molecule has 14 heteroatoms. The smallest absolute Gasteiger partial charge is 0.264 e. The fourth-order valence-corrected chi connectivity index (χ4v) is 4.86. The van der Waals surface area contributed by atoms with Gasteiger partial charge in [0.15, 0.2) is 0 Å². The maximum atomic E-state index is 12.5. The summed E-state index contributed by atoms with van der Waals surface area (Å²) in [5.74, 6) is -0.723. The summed E-state index contributed by atoms with van der Waals surface area (Å²) >= 11 is 11.8. The van der Waals surface area contributed by atoms with Crippen LogP contribution in [0.25, 0.3) is 0 Å². The molecule has 10 nitrogen and oxygen atoms in total. The standard InChI is InChI=1S/C20H19Cl2N5O5S2/c1-13-9-10-23-20(24-13)26-34(31,32)16-6-3-14(4-7-16)25-19(28)12-27(33(2,29)30)15-5-8-17(21)18(22)11-15/h3-11H,12H2,1-2H3,(H,25,28)(H,23,24,26). The number of hydrogen-bond acceptors (Lipinski definition) is 7. The molecule has 0 aliphatic heterocycles. The first-order valence-electron chi connectivity index (χ1n) is 9.50. The van der Waals surface area contributed by atoms with E-state index in [-0.39, 0.29) is 32.3 Å². The summed E-state index contributed by atoms with van der Waals surface area (Å²) in [6.07, 6.45) is 2.38. The average molecular weight is 544 g/mol. The SMILES string of the molecule is Cc1ccnc(NS(=O)(=O)c2ccc(NC(=O)CN(c3ccc(Cl)c(Cl)c3)S(C)(=O)=O)cc2)n1. The average Bonchev–Trinajstić information content (AvgIpc) is 2.73. The van der Waals surface area contributed by atoms with Gasteiger partial charge in [-0.15, -0.1) is 0 Å². The summed E-state index contributed by atoms with van der Waals surface area (Å²) in [4.78, 5) is 20.3. The Bertz CT molecular complexity index is 1430. The van der Waals surface area contributed by atoms with Crippen molar-refractivity contribution in [3.05, 3.63) is 70.5 Å². The number of halogens is 2. The lowest BCUT2D eigenvalue weighted by Crippen LogP contribution is -2.37. The Balaban J connectivity index is 1.72. The Hall–Kier alpha value is -2.93. The molecule has 2 aromatic carbocycles. The molecule has 0 bridgehead atoms. The van der Waals surface area contributed by atoms with Crippen molar-refractivity contribution in [1.82, 2.24) is 9.97 Å². The third kappa shape index (κ3) is 6.56. The van der Waals surface area contributed by atoms with Crippen LogP contribution in [0.5, 0.6) is 0 Å². The minimum absolute atomic E-state index is 0.0689. The number of anilines is 3. The monoisotopic (exact) mass is 543 g/mol. The second kappa shape index (κ2) is 10.1. The van der Waals surface area contributed by atoms with Crippen LogP contribution in [0.15, 0.2) is 59.6 Å². The number of hydrogen-bond donors (Lipinski definition) is 2. The van der Waals surface area contributed by atoms with Gasteiger partial charge in [0.05, 0.1) is 26.9 Å². The number of carbonyl (C=O) groups excluding carboxylic acids is 1. The van der Waals surface area contributed by atoms with Crippen molar-refractivity contribution >= 4 is 66.5 Å². The molecular formula is C20H19Cl2N5O5S2. The molecule has 0 unspecified atom stereocenters. The summed E-state index contributed by atoms with van der Waals surface area (Å²) in [5.41, 5.74) is 1.02. The van der Waals surface area contributed by atoms with Crippen molar-refractivity contribution in [3.63, 3.8) is 0 Å². The van der Waals surface area contributed by atoms with Crippen LogP contribution in [0.2, 0.25) is 10.0 Å². The summed E-state index contributed by atoms with van der Waals surface area (Å²) in [6.45, 7) is 1.16. The lowest BCUT2D eigenvalue weighted by Gasteiger charge is -2.22. The Kier molecular flexibility index (Phi) is 7.66. The predicted molar refractivity (Wildman–Crippen MR) is 131 cm³/mol. The molecule has 2 N–H and O–H groups in total. The number of carbonyl (C=O) groups is 1. The largest absolute Gasteiger partial charge is 0.325 e. The fourth-order valence-electron chi connectivity index (χ4n) is 2.77. The Morgan fingerprint density at radius 1 is 1.00 bits per heavy atom. The van der Waals surface area contributed by atoms with Gasteiger partial charge in [-0.25, -0.2) is 31.5 Å². The summed E-state index contributed by atoms with van der Waals surface area (Å²) in [7, 11) is -7.78. The van der Waals surface area contributed by atoms with Gasteiger partial charge in [-0.05, 0) is 55.5 Å². The number of nitrogens with one attached hydrogen (secondary N) is 2. The highest BCUT2D eigenvalue weighted by molar-refractivity contribution is 7.92. The van der Waals surface area contributed by atoms with Crippen molar-refractivity contribution in [2.75, 3.05) is 27.1 Å². The Morgan fingerprint density at radius 2 is 1.68 bits per heavy atom. The van der Waals surface area contributed by atoms with Gasteiger partial charge in [0, 0.05) is 17.6 Å². The summed E-state index contributed by atoms with van der Waals surface area (Å²) in [6, 6.07) is 11.1. The number of amides is 1. The van der Waals surface area contributed by atoms with Crippen molar-refractivity contribution in [2.45, 2.75) is 11.8 Å². The highest BCUT2D eigenvalue weighted by Crippen LogP contribution is 2.28. The topological polar surface area (TPSA) is 138 Å². The van der Waals surface area contributed by atoms with Gasteiger partial charge in [-0.2, -0.15) is 0 Å². The molecule has 0 spiro atoms. The molecule has 34 heavy (non-hydrogen) atoms. The predicted octanol–water partition coefficient (Wildman–Crippen LogP) is 3.30. The van der Waals surface area contributed by atoms with Crippen LogP contribution in [-0.4, -0.2) is 45.5 Å². The molecule has 1 aromatic heterocycles. The minimum Gasteiger partial charge on any atom is -0.325 e. The minimum atomic E-state index is -3.96. The van der Waals surface area contributed by atoms with Crippen LogP contribution in [0.4, 0.5) is 17.3 Å². The van der Waals surface area contributed by atoms with Crippen molar-refractivity contribution in [1.29, 1.82) is 0 Å². The molecular weight excluding hydrogens is 525 g/mol. The number of benzene rings is 2. The molecule has 0 aliphatic rings. The number of rotatable bonds is 8. The maximum absolute atomic E-state index is 12.5. The molecule has 0 atom stereocenters. The van der Waals surface area contributed by atoms with Gasteiger partial charge in [0.1, 0.15) is 6.54 Å². The van der Waals surface area contributed by atoms with E-state index < -0.39 is 32.5 Å². The van der Waals surface area contributed by atoms with Gasteiger partial charge in [0.2, 0.25) is 21.9 Å². The zero-order chi connectivity index (χ0) is 25.1. The Morgan fingerprint density at radius 3 is 2.26 bits per heavy atom. The molecule has 3 rings (SSSR count). The van der Waals surface area contributed by atoms with E-state index in [2.05, 4.69) is 20.0 Å². The highest BCUT2D eigenvalue weighted by Gasteiger charge is 2.22. The zero-order valence-electron chi connectivity index (χ0n) is 17.9. The maximum Gasteiger partial charge on any atom is 0.264 e. The number of sulfonamides is 2. The molecule has 0 fully saturated rings. The van der Waals surface area contributed by atoms with Crippen LogP contribution < -0.4 is 14.3 Å². The molecule has 0 aliphatic carbocycles.